The Morgan fingerprint density at radius 2 is 1.82 bits per heavy atom. The first-order valence-electron chi connectivity index (χ1n) is 11.0. The summed E-state index contributed by atoms with van der Waals surface area (Å²) >= 11 is 0. The van der Waals surface area contributed by atoms with E-state index in [9.17, 15) is 32.7 Å². The number of carboxylic acids is 1. The Kier molecular flexibility index (Phi) is 6.96. The minimum atomic E-state index is -4.72. The summed E-state index contributed by atoms with van der Waals surface area (Å²) < 4.78 is 51.4. The molecule has 0 saturated carbocycles. The van der Waals surface area contributed by atoms with Gasteiger partial charge < -0.3 is 19.7 Å². The Morgan fingerprint density at radius 1 is 1.10 bits per heavy atom. The van der Waals surface area contributed by atoms with Gasteiger partial charge in [0.05, 0.1) is 46.6 Å². The van der Waals surface area contributed by atoms with Gasteiger partial charge in [0.2, 0.25) is 0 Å². The molecule has 13 heteroatoms. The second-order valence-corrected chi connectivity index (χ2v) is 8.10. The number of aromatic carboxylic acids is 1. The van der Waals surface area contributed by atoms with Crippen molar-refractivity contribution in [3.8, 4) is 17.2 Å². The summed E-state index contributed by atoms with van der Waals surface area (Å²) in [6, 6.07) is 12.6. The quantitative estimate of drug-likeness (QED) is 0.337. The molecule has 0 bridgehead atoms. The van der Waals surface area contributed by atoms with Crippen molar-refractivity contribution in [3.05, 3.63) is 77.0 Å². The molecule has 0 aliphatic rings. The van der Waals surface area contributed by atoms with Crippen LogP contribution in [0.15, 0.2) is 59.1 Å². The molecule has 10 nitrogen and oxygen atoms in total. The van der Waals surface area contributed by atoms with E-state index in [0.29, 0.717) is 0 Å². The predicted octanol–water partition coefficient (Wildman–Crippen LogP) is 5.54. The lowest BCUT2D eigenvalue weighted by atomic mass is 9.96. The minimum Gasteiger partial charge on any atom is -0.478 e. The van der Waals surface area contributed by atoms with Crippen molar-refractivity contribution >= 4 is 40.3 Å². The molecule has 1 aromatic heterocycles. The maximum absolute atomic E-state index is 13.8. The molecule has 0 radical (unpaired) electrons. The Balaban J connectivity index is 1.87. The van der Waals surface area contributed by atoms with Crippen LogP contribution < -0.4 is 10.2 Å². The minimum absolute atomic E-state index is 0.0250. The number of nitrogens with one attached hydrogen (secondary N) is 1. The van der Waals surface area contributed by atoms with Gasteiger partial charge in [-0.05, 0) is 42.0 Å². The number of fused-ring (bicyclic) bond motifs is 1. The summed E-state index contributed by atoms with van der Waals surface area (Å²) in [7, 11) is 2.37. The maximum Gasteiger partial charge on any atom is 0.417 e. The number of benzene rings is 3. The largest absolute Gasteiger partial charge is 0.478 e. The number of carboxylic acid groups (broad SMARTS) is 1. The number of amides is 2. The number of ether oxygens (including phenoxy) is 1. The van der Waals surface area contributed by atoms with Crippen LogP contribution in [0.25, 0.3) is 22.1 Å². The van der Waals surface area contributed by atoms with Gasteiger partial charge in [0.1, 0.15) is 0 Å². The SMILES string of the molecule is COC(=O)N(C)c1cc2c(C(=O)Nc3ccc(C#N)cc3C(=O)O)noc2cc1-c1ccccc1C(F)(F)F. The molecule has 1 heterocycles. The molecule has 0 atom stereocenters. The van der Waals surface area contributed by atoms with Gasteiger partial charge in [-0.25, -0.2) is 9.59 Å². The van der Waals surface area contributed by atoms with Crippen LogP contribution in [0.4, 0.5) is 29.3 Å². The highest BCUT2D eigenvalue weighted by Crippen LogP contribution is 2.42. The molecule has 198 valence electrons. The zero-order valence-electron chi connectivity index (χ0n) is 20.2. The number of alkyl halides is 3. The van der Waals surface area contributed by atoms with Crippen molar-refractivity contribution in [3.63, 3.8) is 0 Å². The number of hydrogen-bond acceptors (Lipinski definition) is 7. The summed E-state index contributed by atoms with van der Waals surface area (Å²) in [6.45, 7) is 0. The molecule has 2 N–H and O–H groups in total. The summed E-state index contributed by atoms with van der Waals surface area (Å²) in [4.78, 5) is 38.0. The van der Waals surface area contributed by atoms with Gasteiger partial charge in [-0.15, -0.1) is 0 Å². The number of anilines is 2. The van der Waals surface area contributed by atoms with Crippen LogP contribution in [0.1, 0.15) is 32.0 Å². The van der Waals surface area contributed by atoms with Gasteiger partial charge in [-0.1, -0.05) is 23.4 Å². The number of carbonyl (C=O) groups is 3. The molecular formula is C26H17F3N4O6. The summed E-state index contributed by atoms with van der Waals surface area (Å²) in [5, 5.41) is 24.6. The number of nitrogens with zero attached hydrogens (tertiary/aromatic N) is 3. The van der Waals surface area contributed by atoms with Gasteiger partial charge in [-0.2, -0.15) is 18.4 Å². The fraction of sp³-hybridized carbons (Fsp3) is 0.115. The van der Waals surface area contributed by atoms with Crippen LogP contribution in [0.5, 0.6) is 0 Å². The highest BCUT2D eigenvalue weighted by atomic mass is 19.4. The first-order chi connectivity index (χ1) is 18.5. The number of nitriles is 1. The molecule has 2 amide bonds. The lowest BCUT2D eigenvalue weighted by Crippen LogP contribution is -2.26. The smallest absolute Gasteiger partial charge is 0.417 e. The second-order valence-electron chi connectivity index (χ2n) is 8.10. The van der Waals surface area contributed by atoms with Gasteiger partial charge in [-0.3, -0.25) is 9.69 Å². The number of methoxy groups -OCH3 is 1. The number of carbonyl (C=O) groups excluding carboxylic acids is 2. The number of aromatic nitrogens is 1. The molecule has 0 fully saturated rings. The first kappa shape index (κ1) is 26.7. The molecule has 0 aliphatic carbocycles. The van der Waals surface area contributed by atoms with Crippen molar-refractivity contribution < 1.29 is 41.9 Å². The van der Waals surface area contributed by atoms with Crippen molar-refractivity contribution in [1.29, 1.82) is 5.26 Å². The highest BCUT2D eigenvalue weighted by molar-refractivity contribution is 6.14. The summed E-state index contributed by atoms with van der Waals surface area (Å²) in [6.07, 6.45) is -5.62. The third-order valence-corrected chi connectivity index (χ3v) is 5.76. The average Bonchev–Trinajstić information content (AvgIpc) is 3.34. The topological polar surface area (TPSA) is 146 Å². The van der Waals surface area contributed by atoms with E-state index in [0.717, 1.165) is 24.1 Å². The van der Waals surface area contributed by atoms with E-state index < -0.39 is 29.7 Å². The van der Waals surface area contributed by atoms with Gasteiger partial charge in [0, 0.05) is 12.6 Å². The molecule has 0 saturated heterocycles. The molecule has 4 aromatic rings. The number of hydrogen-bond donors (Lipinski definition) is 2. The Labute approximate surface area is 217 Å². The van der Waals surface area contributed by atoms with E-state index in [1.165, 1.54) is 49.5 Å². The van der Waals surface area contributed by atoms with Crippen LogP contribution in [-0.2, 0) is 10.9 Å². The zero-order valence-corrected chi connectivity index (χ0v) is 20.2. The summed E-state index contributed by atoms with van der Waals surface area (Å²) in [5.74, 6) is -2.31. The third kappa shape index (κ3) is 5.08. The van der Waals surface area contributed by atoms with E-state index in [1.54, 1.807) is 6.07 Å². The van der Waals surface area contributed by atoms with Crippen molar-refractivity contribution in [2.75, 3.05) is 24.4 Å². The van der Waals surface area contributed by atoms with Crippen LogP contribution >= 0.6 is 0 Å². The monoisotopic (exact) mass is 538 g/mol. The van der Waals surface area contributed by atoms with Crippen LogP contribution in [-0.4, -0.2) is 42.4 Å². The number of rotatable bonds is 5. The molecular weight excluding hydrogens is 521 g/mol. The van der Waals surface area contributed by atoms with Crippen LogP contribution in [0.3, 0.4) is 0 Å². The lowest BCUT2D eigenvalue weighted by molar-refractivity contribution is -0.137. The fourth-order valence-corrected chi connectivity index (χ4v) is 3.91. The van der Waals surface area contributed by atoms with E-state index in [1.807, 2.05) is 0 Å². The second kappa shape index (κ2) is 10.2. The Bertz CT molecular complexity index is 1670. The van der Waals surface area contributed by atoms with E-state index in [2.05, 4.69) is 10.5 Å². The van der Waals surface area contributed by atoms with Crippen molar-refractivity contribution in [2.45, 2.75) is 6.18 Å². The molecule has 39 heavy (non-hydrogen) atoms. The van der Waals surface area contributed by atoms with Crippen LogP contribution in [0.2, 0.25) is 0 Å². The Morgan fingerprint density at radius 3 is 2.46 bits per heavy atom. The van der Waals surface area contributed by atoms with Gasteiger partial charge in [0.15, 0.2) is 11.3 Å². The molecule has 0 spiro atoms. The first-order valence-corrected chi connectivity index (χ1v) is 11.0. The predicted molar refractivity (Wildman–Crippen MR) is 131 cm³/mol. The summed E-state index contributed by atoms with van der Waals surface area (Å²) in [5.41, 5.74) is -2.17. The maximum atomic E-state index is 13.8. The fourth-order valence-electron chi connectivity index (χ4n) is 3.91. The van der Waals surface area contributed by atoms with E-state index in [4.69, 9.17) is 14.5 Å². The molecule has 0 unspecified atom stereocenters. The van der Waals surface area contributed by atoms with Crippen molar-refractivity contribution in [2.24, 2.45) is 0 Å². The van der Waals surface area contributed by atoms with Crippen LogP contribution in [0, 0.1) is 11.3 Å². The average molecular weight is 538 g/mol. The molecule has 0 aliphatic heterocycles. The molecule has 4 rings (SSSR count). The highest BCUT2D eigenvalue weighted by Gasteiger charge is 2.35. The zero-order chi connectivity index (χ0) is 28.5. The lowest BCUT2D eigenvalue weighted by Gasteiger charge is -2.21. The van der Waals surface area contributed by atoms with E-state index in [-0.39, 0.29) is 50.3 Å². The van der Waals surface area contributed by atoms with E-state index >= 15 is 0 Å². The molecule has 3 aromatic carbocycles. The van der Waals surface area contributed by atoms with Gasteiger partial charge in [0.25, 0.3) is 5.91 Å². The normalized spacial score (nSPS) is 11.1. The third-order valence-electron chi connectivity index (χ3n) is 5.76. The van der Waals surface area contributed by atoms with Gasteiger partial charge >= 0.3 is 18.2 Å². The Hall–Kier alpha value is -5.38. The number of halogens is 3. The van der Waals surface area contributed by atoms with Crippen molar-refractivity contribution in [1.82, 2.24) is 5.16 Å². The standard InChI is InChI=1S/C26H17F3N4O6/c1-33(25(37)38-2)20-10-17-21(11-15(20)14-5-3-4-6-18(14)26(27,28)29)39-32-22(17)23(34)31-19-8-7-13(12-30)9-16(19)24(35)36/h3-11H,1-2H3,(H,31,34)(H,35,36).